The number of halogens is 1. The molecule has 9 heteroatoms. The van der Waals surface area contributed by atoms with E-state index in [0.29, 0.717) is 32.7 Å². The van der Waals surface area contributed by atoms with Gasteiger partial charge in [0.2, 0.25) is 5.15 Å². The summed E-state index contributed by atoms with van der Waals surface area (Å²) in [4.78, 5) is 30.0. The monoisotopic (exact) mass is 314 g/mol. The molecular formula is C12H15ClN4O4. The Kier molecular flexibility index (Phi) is 5.05. The van der Waals surface area contributed by atoms with Crippen molar-refractivity contribution >= 4 is 23.2 Å². The molecule has 0 unspecified atom stereocenters. The van der Waals surface area contributed by atoms with Crippen LogP contribution in [0.1, 0.15) is 10.4 Å². The quantitative estimate of drug-likeness (QED) is 0.490. The van der Waals surface area contributed by atoms with E-state index < -0.39 is 16.5 Å². The molecule has 1 aromatic rings. The van der Waals surface area contributed by atoms with Crippen LogP contribution in [0.15, 0.2) is 12.3 Å². The molecule has 0 spiro atoms. The number of hydrogen-bond donors (Lipinski definition) is 1. The molecule has 0 atom stereocenters. The molecule has 8 nitrogen and oxygen atoms in total. The molecule has 1 N–H and O–H groups in total. The zero-order chi connectivity index (χ0) is 15.4. The van der Waals surface area contributed by atoms with Crippen LogP contribution in [0.5, 0.6) is 0 Å². The number of aromatic nitrogens is 1. The fraction of sp³-hybridized carbons (Fsp3) is 0.500. The molecule has 1 aromatic heterocycles. The molecule has 1 aliphatic rings. The van der Waals surface area contributed by atoms with Crippen molar-refractivity contribution in [1.29, 1.82) is 0 Å². The molecule has 1 aliphatic heterocycles. The number of β-amino-alcohol motifs (C(OH)–C–C–N with tert-alkyl or cyclic N) is 1. The highest BCUT2D eigenvalue weighted by atomic mass is 35.5. The summed E-state index contributed by atoms with van der Waals surface area (Å²) in [6.45, 7) is 2.78. The van der Waals surface area contributed by atoms with Crippen LogP contribution in [0.2, 0.25) is 5.15 Å². The van der Waals surface area contributed by atoms with Crippen LogP contribution in [0.25, 0.3) is 0 Å². The Labute approximate surface area is 126 Å². The summed E-state index contributed by atoms with van der Waals surface area (Å²) < 4.78 is 0. The first-order valence-corrected chi connectivity index (χ1v) is 6.83. The number of nitrogens with zero attached hydrogens (tertiary/aromatic N) is 4. The summed E-state index contributed by atoms with van der Waals surface area (Å²) in [6, 6.07) is 1.31. The molecule has 1 fully saturated rings. The Bertz CT molecular complexity index is 546. The topological polar surface area (TPSA) is 99.8 Å². The minimum Gasteiger partial charge on any atom is -0.395 e. The van der Waals surface area contributed by atoms with E-state index in [2.05, 4.69) is 4.98 Å². The number of pyridine rings is 1. The normalized spacial score (nSPS) is 16.0. The molecule has 2 rings (SSSR count). The summed E-state index contributed by atoms with van der Waals surface area (Å²) in [5, 5.41) is 19.6. The zero-order valence-corrected chi connectivity index (χ0v) is 12.0. The van der Waals surface area contributed by atoms with E-state index in [1.807, 2.05) is 4.90 Å². The van der Waals surface area contributed by atoms with Gasteiger partial charge >= 0.3 is 5.69 Å². The van der Waals surface area contributed by atoms with Crippen molar-refractivity contribution in [2.75, 3.05) is 39.3 Å². The van der Waals surface area contributed by atoms with E-state index in [9.17, 15) is 14.9 Å². The van der Waals surface area contributed by atoms with E-state index >= 15 is 0 Å². The van der Waals surface area contributed by atoms with Crippen LogP contribution >= 0.6 is 11.6 Å². The van der Waals surface area contributed by atoms with Crippen molar-refractivity contribution in [3.8, 4) is 0 Å². The average Bonchev–Trinajstić information content (AvgIpc) is 2.47. The van der Waals surface area contributed by atoms with Gasteiger partial charge in [-0.2, -0.15) is 0 Å². The molecular weight excluding hydrogens is 300 g/mol. The fourth-order valence-corrected chi connectivity index (χ4v) is 2.49. The molecule has 21 heavy (non-hydrogen) atoms. The molecule has 0 aliphatic carbocycles. The van der Waals surface area contributed by atoms with E-state index in [1.165, 1.54) is 12.3 Å². The minimum atomic E-state index is -0.690. The van der Waals surface area contributed by atoms with E-state index in [-0.39, 0.29) is 17.3 Å². The standard InChI is InChI=1S/C12H15ClN4O4/c13-11-10(17(20)21)9(1-2-14-11)12(19)16-5-3-15(4-6-16)7-8-18/h1-2,18H,3-8H2. The van der Waals surface area contributed by atoms with Crippen LogP contribution in [0.3, 0.4) is 0 Å². The van der Waals surface area contributed by atoms with Gasteiger partial charge in [0, 0.05) is 38.9 Å². The lowest BCUT2D eigenvalue weighted by Gasteiger charge is -2.34. The maximum Gasteiger partial charge on any atom is 0.319 e. The summed E-state index contributed by atoms with van der Waals surface area (Å²) in [7, 11) is 0. The second-order valence-electron chi connectivity index (χ2n) is 4.61. The predicted octanol–water partition coefficient (Wildman–Crippen LogP) is 0.393. The smallest absolute Gasteiger partial charge is 0.319 e. The van der Waals surface area contributed by atoms with E-state index in [1.54, 1.807) is 4.90 Å². The molecule has 1 amide bonds. The number of rotatable bonds is 4. The number of carbonyl (C=O) groups excluding carboxylic acids is 1. The Morgan fingerprint density at radius 2 is 2.10 bits per heavy atom. The predicted molar refractivity (Wildman–Crippen MR) is 75.3 cm³/mol. The third-order valence-electron chi connectivity index (χ3n) is 3.37. The largest absolute Gasteiger partial charge is 0.395 e. The summed E-state index contributed by atoms with van der Waals surface area (Å²) in [6.07, 6.45) is 1.28. The first-order chi connectivity index (χ1) is 10.0. The van der Waals surface area contributed by atoms with Crippen molar-refractivity contribution in [3.05, 3.63) is 33.1 Å². The Morgan fingerprint density at radius 1 is 1.43 bits per heavy atom. The highest BCUT2D eigenvalue weighted by Crippen LogP contribution is 2.27. The molecule has 2 heterocycles. The SMILES string of the molecule is O=C(c1ccnc(Cl)c1[N+](=O)[O-])N1CCN(CCO)CC1. The first-order valence-electron chi connectivity index (χ1n) is 6.46. The van der Waals surface area contributed by atoms with Crippen molar-refractivity contribution < 1.29 is 14.8 Å². The van der Waals surface area contributed by atoms with Crippen LogP contribution in [0.4, 0.5) is 5.69 Å². The van der Waals surface area contributed by atoms with Crippen molar-refractivity contribution in [3.63, 3.8) is 0 Å². The van der Waals surface area contributed by atoms with Gasteiger partial charge in [0.25, 0.3) is 5.91 Å². The van der Waals surface area contributed by atoms with Gasteiger partial charge in [-0.25, -0.2) is 4.98 Å². The number of hydrogen-bond acceptors (Lipinski definition) is 6. The Hall–Kier alpha value is -1.77. The van der Waals surface area contributed by atoms with Gasteiger partial charge < -0.3 is 10.0 Å². The zero-order valence-electron chi connectivity index (χ0n) is 11.2. The second-order valence-corrected chi connectivity index (χ2v) is 4.97. The number of amides is 1. The lowest BCUT2D eigenvalue weighted by atomic mass is 10.2. The maximum absolute atomic E-state index is 12.4. The molecule has 0 saturated carbocycles. The Balaban J connectivity index is 2.15. The van der Waals surface area contributed by atoms with Gasteiger partial charge in [0.05, 0.1) is 11.5 Å². The molecule has 1 saturated heterocycles. The summed E-state index contributed by atoms with van der Waals surface area (Å²) in [5.74, 6) is -0.422. The maximum atomic E-state index is 12.4. The third kappa shape index (κ3) is 3.46. The minimum absolute atomic E-state index is 0.0457. The molecule has 0 aromatic carbocycles. The number of aliphatic hydroxyl groups is 1. The highest BCUT2D eigenvalue weighted by Gasteiger charge is 2.29. The second kappa shape index (κ2) is 6.79. The average molecular weight is 315 g/mol. The molecule has 114 valence electrons. The highest BCUT2D eigenvalue weighted by molar-refractivity contribution is 6.32. The van der Waals surface area contributed by atoms with Gasteiger partial charge in [-0.15, -0.1) is 0 Å². The number of nitro groups is 1. The number of carbonyl (C=O) groups is 1. The van der Waals surface area contributed by atoms with Crippen LogP contribution in [-0.4, -0.2) is 70.1 Å². The van der Waals surface area contributed by atoms with Gasteiger partial charge in [-0.3, -0.25) is 19.8 Å². The molecule has 0 radical (unpaired) electrons. The molecule has 0 bridgehead atoms. The van der Waals surface area contributed by atoms with Crippen molar-refractivity contribution in [1.82, 2.24) is 14.8 Å². The number of piperazine rings is 1. The van der Waals surface area contributed by atoms with Gasteiger partial charge in [-0.1, -0.05) is 11.6 Å². The number of aliphatic hydroxyl groups excluding tert-OH is 1. The van der Waals surface area contributed by atoms with Crippen LogP contribution < -0.4 is 0 Å². The van der Waals surface area contributed by atoms with E-state index in [0.717, 1.165) is 0 Å². The van der Waals surface area contributed by atoms with Crippen molar-refractivity contribution in [2.24, 2.45) is 0 Å². The summed E-state index contributed by atoms with van der Waals surface area (Å²) >= 11 is 5.71. The fourth-order valence-electron chi connectivity index (χ4n) is 2.26. The lowest BCUT2D eigenvalue weighted by Crippen LogP contribution is -2.49. The van der Waals surface area contributed by atoms with Crippen LogP contribution in [-0.2, 0) is 0 Å². The van der Waals surface area contributed by atoms with Gasteiger partial charge in [0.15, 0.2) is 0 Å². The van der Waals surface area contributed by atoms with Crippen molar-refractivity contribution in [2.45, 2.75) is 0 Å². The van der Waals surface area contributed by atoms with Gasteiger partial charge in [-0.05, 0) is 6.07 Å². The first kappa shape index (κ1) is 15.6. The van der Waals surface area contributed by atoms with Gasteiger partial charge in [0.1, 0.15) is 5.56 Å². The van der Waals surface area contributed by atoms with Crippen LogP contribution in [0, 0.1) is 10.1 Å². The van der Waals surface area contributed by atoms with E-state index in [4.69, 9.17) is 16.7 Å². The lowest BCUT2D eigenvalue weighted by molar-refractivity contribution is -0.385. The third-order valence-corrected chi connectivity index (χ3v) is 3.64. The summed E-state index contributed by atoms with van der Waals surface area (Å²) in [5.41, 5.74) is -0.502. The Morgan fingerprint density at radius 3 is 2.67 bits per heavy atom.